The first kappa shape index (κ1) is 31.9. The summed E-state index contributed by atoms with van der Waals surface area (Å²) in [6.07, 6.45) is 0. The molecule has 0 amide bonds. The lowest BCUT2D eigenvalue weighted by molar-refractivity contribution is 0.618. The normalized spacial score (nSPS) is 9.00. The molecule has 4 nitrogen and oxygen atoms in total. The fourth-order valence-electron chi connectivity index (χ4n) is 0.753. The molecule has 0 bridgehead atoms. The third-order valence-corrected chi connectivity index (χ3v) is 4.72. The molecule has 0 radical (unpaired) electrons. The highest BCUT2D eigenvalue weighted by molar-refractivity contribution is 8.76. The van der Waals surface area contributed by atoms with E-state index in [1.54, 1.807) is 0 Å². The zero-order chi connectivity index (χ0) is 10.8. The number of rotatable bonds is 9. The summed E-state index contributed by atoms with van der Waals surface area (Å²) in [6, 6.07) is 0. The highest BCUT2D eigenvalue weighted by Gasteiger charge is 2.07. The van der Waals surface area contributed by atoms with Crippen molar-refractivity contribution in [3.63, 3.8) is 0 Å². The van der Waals surface area contributed by atoms with Crippen LogP contribution in [0.2, 0.25) is 0 Å². The average molecular weight is 384 g/mol. The van der Waals surface area contributed by atoms with Crippen molar-refractivity contribution in [2.75, 3.05) is 37.7 Å². The zero-order valence-electron chi connectivity index (χ0n) is 10.2. The van der Waals surface area contributed by atoms with Crippen LogP contribution in [0.15, 0.2) is 0 Å². The Hall–Kier alpha value is 1.70. The van der Waals surface area contributed by atoms with Gasteiger partial charge >= 0.3 is 0 Å². The fraction of sp³-hybridized carbons (Fsp3) is 1.00. The molecule has 0 aliphatic rings. The second-order valence-electron chi connectivity index (χ2n) is 3.24. The summed E-state index contributed by atoms with van der Waals surface area (Å²) in [4.78, 5) is 0. The topological polar surface area (TPSA) is 104 Å². The highest BCUT2D eigenvalue weighted by Crippen LogP contribution is 2.25. The molecule has 0 saturated carbocycles. The molecule has 0 aliphatic carbocycles. The van der Waals surface area contributed by atoms with Gasteiger partial charge in [0.1, 0.15) is 0 Å². The lowest BCUT2D eigenvalue weighted by atomic mass is 10.2. The summed E-state index contributed by atoms with van der Waals surface area (Å²) >= 11 is 0. The Bertz CT molecular complexity index is 118. The van der Waals surface area contributed by atoms with Crippen LogP contribution in [0, 0.1) is 11.8 Å². The van der Waals surface area contributed by atoms with Gasteiger partial charge in [0, 0.05) is 11.5 Å². The fourth-order valence-corrected chi connectivity index (χ4v) is 3.61. The van der Waals surface area contributed by atoms with Gasteiger partial charge in [0.2, 0.25) is 0 Å². The summed E-state index contributed by atoms with van der Waals surface area (Å²) in [6.45, 7) is 2.67. The molecular formula is C8H26Cl4N4S2. The molecule has 0 fully saturated rings. The van der Waals surface area contributed by atoms with E-state index in [9.17, 15) is 0 Å². The van der Waals surface area contributed by atoms with E-state index in [-0.39, 0.29) is 49.6 Å². The van der Waals surface area contributed by atoms with Gasteiger partial charge in [-0.3, -0.25) is 0 Å². The molecule has 0 aromatic rings. The average Bonchev–Trinajstić information content (AvgIpc) is 2.24. The molecule has 0 aliphatic heterocycles. The van der Waals surface area contributed by atoms with Gasteiger partial charge in [0.25, 0.3) is 0 Å². The van der Waals surface area contributed by atoms with Crippen LogP contribution in [-0.4, -0.2) is 37.7 Å². The van der Waals surface area contributed by atoms with Gasteiger partial charge in [-0.15, -0.1) is 49.6 Å². The standard InChI is InChI=1S/C8H22N4S2.4ClH/c9-1-7(2-10)5-13-14-6-8(3-11)4-12;;;;/h7-8H,1-6,9-12H2;4*1H. The minimum Gasteiger partial charge on any atom is -0.330 e. The molecule has 18 heavy (non-hydrogen) atoms. The Morgan fingerprint density at radius 1 is 0.556 bits per heavy atom. The van der Waals surface area contributed by atoms with Crippen molar-refractivity contribution in [3.05, 3.63) is 0 Å². The van der Waals surface area contributed by atoms with Gasteiger partial charge in [0.05, 0.1) is 0 Å². The van der Waals surface area contributed by atoms with Crippen LogP contribution in [0.1, 0.15) is 0 Å². The maximum atomic E-state index is 5.54. The van der Waals surface area contributed by atoms with E-state index < -0.39 is 0 Å². The van der Waals surface area contributed by atoms with Crippen LogP contribution in [0.4, 0.5) is 0 Å². The zero-order valence-corrected chi connectivity index (χ0v) is 15.1. The third-order valence-electron chi connectivity index (χ3n) is 2.02. The predicted octanol–water partition coefficient (Wildman–Crippen LogP) is 1.12. The van der Waals surface area contributed by atoms with E-state index in [4.69, 9.17) is 22.9 Å². The third kappa shape index (κ3) is 17.7. The van der Waals surface area contributed by atoms with Crippen LogP contribution < -0.4 is 22.9 Å². The van der Waals surface area contributed by atoms with Crippen molar-refractivity contribution in [2.24, 2.45) is 34.8 Å². The Morgan fingerprint density at radius 3 is 0.944 bits per heavy atom. The smallest absolute Gasteiger partial charge is 0.00894 e. The molecule has 0 saturated heterocycles. The first-order valence-corrected chi connectivity index (χ1v) is 7.31. The van der Waals surface area contributed by atoms with Crippen LogP contribution in [0.3, 0.4) is 0 Å². The van der Waals surface area contributed by atoms with Gasteiger partial charge < -0.3 is 22.9 Å². The van der Waals surface area contributed by atoms with E-state index in [1.807, 2.05) is 21.6 Å². The Morgan fingerprint density at radius 2 is 0.778 bits per heavy atom. The quantitative estimate of drug-likeness (QED) is 0.351. The van der Waals surface area contributed by atoms with E-state index in [0.717, 1.165) is 11.5 Å². The summed E-state index contributed by atoms with van der Waals surface area (Å²) in [7, 11) is 3.63. The Kier molecular flexibility index (Phi) is 42.1. The van der Waals surface area contributed by atoms with E-state index in [1.165, 1.54) is 0 Å². The van der Waals surface area contributed by atoms with Crippen LogP contribution in [0.5, 0.6) is 0 Å². The molecule has 0 aromatic heterocycles. The van der Waals surface area contributed by atoms with E-state index in [0.29, 0.717) is 38.0 Å². The monoisotopic (exact) mass is 382 g/mol. The van der Waals surface area contributed by atoms with Crippen molar-refractivity contribution >= 4 is 71.2 Å². The molecule has 0 atom stereocenters. The van der Waals surface area contributed by atoms with Crippen LogP contribution in [-0.2, 0) is 0 Å². The van der Waals surface area contributed by atoms with Crippen molar-refractivity contribution in [1.82, 2.24) is 0 Å². The summed E-state index contributed by atoms with van der Waals surface area (Å²) < 4.78 is 0. The van der Waals surface area contributed by atoms with Gasteiger partial charge in [0.15, 0.2) is 0 Å². The van der Waals surface area contributed by atoms with E-state index >= 15 is 0 Å². The lowest BCUT2D eigenvalue weighted by Crippen LogP contribution is -2.26. The van der Waals surface area contributed by atoms with Gasteiger partial charge in [-0.25, -0.2) is 0 Å². The molecule has 0 spiro atoms. The largest absolute Gasteiger partial charge is 0.330 e. The van der Waals surface area contributed by atoms with Crippen LogP contribution in [0.25, 0.3) is 0 Å². The van der Waals surface area contributed by atoms with Gasteiger partial charge in [-0.05, 0) is 38.0 Å². The minimum atomic E-state index is 0. The van der Waals surface area contributed by atoms with Crippen molar-refractivity contribution in [1.29, 1.82) is 0 Å². The number of halogens is 4. The first-order chi connectivity index (χ1) is 6.78. The minimum absolute atomic E-state index is 0. The van der Waals surface area contributed by atoms with Crippen molar-refractivity contribution < 1.29 is 0 Å². The van der Waals surface area contributed by atoms with E-state index in [2.05, 4.69) is 0 Å². The number of hydrogen-bond acceptors (Lipinski definition) is 6. The maximum Gasteiger partial charge on any atom is 0.00894 e. The Balaban J connectivity index is -0.000000141. The second-order valence-corrected chi connectivity index (χ2v) is 5.80. The molecule has 0 aromatic carbocycles. The molecule has 8 N–H and O–H groups in total. The maximum absolute atomic E-state index is 5.54. The Labute approximate surface area is 143 Å². The SMILES string of the molecule is Cl.Cl.Cl.Cl.NCC(CN)CSSCC(CN)CN. The van der Waals surface area contributed by atoms with Crippen molar-refractivity contribution in [3.8, 4) is 0 Å². The summed E-state index contributed by atoms with van der Waals surface area (Å²) in [5.41, 5.74) is 22.1. The lowest BCUT2D eigenvalue weighted by Gasteiger charge is -2.13. The first-order valence-electron chi connectivity index (χ1n) is 4.83. The van der Waals surface area contributed by atoms with Gasteiger partial charge in [-0.2, -0.15) is 0 Å². The van der Waals surface area contributed by atoms with Crippen molar-refractivity contribution in [2.45, 2.75) is 0 Å². The molecular weight excluding hydrogens is 358 g/mol. The van der Waals surface area contributed by atoms with Gasteiger partial charge in [-0.1, -0.05) is 21.6 Å². The van der Waals surface area contributed by atoms with Crippen LogP contribution >= 0.6 is 71.2 Å². The predicted molar refractivity (Wildman–Crippen MR) is 97.1 cm³/mol. The molecule has 10 heteroatoms. The number of nitrogens with two attached hydrogens (primary N) is 4. The highest BCUT2D eigenvalue weighted by atomic mass is 35.5. The molecule has 0 unspecified atom stereocenters. The molecule has 0 rings (SSSR count). The molecule has 0 heterocycles. The molecule has 118 valence electrons. The summed E-state index contributed by atoms with van der Waals surface area (Å²) in [5, 5.41) is 0. The summed E-state index contributed by atoms with van der Waals surface area (Å²) in [5.74, 6) is 2.89. The second kappa shape index (κ2) is 23.8. The number of hydrogen-bond donors (Lipinski definition) is 4.